The quantitative estimate of drug-likeness (QED) is 0.867. The highest BCUT2D eigenvalue weighted by atomic mass is 19.1. The molecule has 1 amide bonds. The molecular formula is C15H18FN3O. The summed E-state index contributed by atoms with van der Waals surface area (Å²) in [7, 11) is 0. The van der Waals surface area contributed by atoms with Crippen LogP contribution in [0.3, 0.4) is 0 Å². The van der Waals surface area contributed by atoms with Gasteiger partial charge in [-0.25, -0.2) is 4.39 Å². The molecule has 1 aliphatic carbocycles. The van der Waals surface area contributed by atoms with Gasteiger partial charge in [0.1, 0.15) is 11.4 Å². The van der Waals surface area contributed by atoms with Crippen LogP contribution >= 0.6 is 0 Å². The Morgan fingerprint density at radius 2 is 2.25 bits per heavy atom. The van der Waals surface area contributed by atoms with Crippen molar-refractivity contribution in [3.8, 4) is 6.07 Å². The minimum Gasteiger partial charge on any atom is -0.376 e. The Balaban J connectivity index is 1.90. The van der Waals surface area contributed by atoms with Crippen molar-refractivity contribution in [1.82, 2.24) is 5.32 Å². The van der Waals surface area contributed by atoms with Gasteiger partial charge in [0.2, 0.25) is 5.91 Å². The zero-order chi connectivity index (χ0) is 14.8. The van der Waals surface area contributed by atoms with Crippen molar-refractivity contribution in [2.75, 3.05) is 11.9 Å². The van der Waals surface area contributed by atoms with E-state index in [2.05, 4.69) is 16.7 Å². The minimum absolute atomic E-state index is 0.0659. The molecule has 0 bridgehead atoms. The summed E-state index contributed by atoms with van der Waals surface area (Å²) < 4.78 is 13.0. The van der Waals surface area contributed by atoms with E-state index < -0.39 is 5.54 Å². The number of carbonyl (C=O) groups is 1. The molecule has 106 valence electrons. The Morgan fingerprint density at radius 1 is 1.55 bits per heavy atom. The van der Waals surface area contributed by atoms with Crippen LogP contribution in [-0.4, -0.2) is 18.0 Å². The SMILES string of the molecule is Cc1cc(F)ccc1NCC(=O)NC(C)(C#N)C1CC1. The van der Waals surface area contributed by atoms with Crippen LogP contribution in [0.2, 0.25) is 0 Å². The Hall–Kier alpha value is -2.09. The van der Waals surface area contributed by atoms with Crippen LogP contribution in [0, 0.1) is 30.0 Å². The Morgan fingerprint density at radius 3 is 2.80 bits per heavy atom. The molecule has 1 aromatic carbocycles. The molecule has 1 unspecified atom stereocenters. The maximum atomic E-state index is 13.0. The number of halogens is 1. The van der Waals surface area contributed by atoms with Gasteiger partial charge in [0.05, 0.1) is 12.6 Å². The molecule has 0 spiro atoms. The zero-order valence-electron chi connectivity index (χ0n) is 11.7. The number of carbonyl (C=O) groups excluding carboxylic acids is 1. The van der Waals surface area contributed by atoms with Crippen molar-refractivity contribution in [2.45, 2.75) is 32.2 Å². The lowest BCUT2D eigenvalue weighted by atomic mass is 9.98. The summed E-state index contributed by atoms with van der Waals surface area (Å²) in [5.74, 6) is -0.281. The molecule has 4 nitrogen and oxygen atoms in total. The molecule has 0 aromatic heterocycles. The molecule has 0 radical (unpaired) electrons. The van der Waals surface area contributed by atoms with Gasteiger partial charge in [-0.2, -0.15) is 5.26 Å². The van der Waals surface area contributed by atoms with Gasteiger partial charge in [-0.15, -0.1) is 0 Å². The van der Waals surface area contributed by atoms with Crippen LogP contribution in [0.4, 0.5) is 10.1 Å². The first-order chi connectivity index (χ1) is 9.44. The second-order valence-electron chi connectivity index (χ2n) is 5.45. The highest BCUT2D eigenvalue weighted by molar-refractivity contribution is 5.82. The largest absolute Gasteiger partial charge is 0.376 e. The van der Waals surface area contributed by atoms with Crippen LogP contribution in [0.5, 0.6) is 0 Å². The number of aryl methyl sites for hydroxylation is 1. The van der Waals surface area contributed by atoms with Crippen LogP contribution in [0.1, 0.15) is 25.3 Å². The molecule has 1 aliphatic rings. The number of benzene rings is 1. The molecule has 0 aliphatic heterocycles. The third kappa shape index (κ3) is 3.27. The third-order valence-corrected chi connectivity index (χ3v) is 3.65. The standard InChI is InChI=1S/C15H18FN3O/c1-10-7-12(16)5-6-13(10)18-8-14(20)19-15(2,9-17)11-3-4-11/h5-7,11,18H,3-4,8H2,1-2H3,(H,19,20). The molecule has 1 aromatic rings. The number of hydrogen-bond donors (Lipinski definition) is 2. The third-order valence-electron chi connectivity index (χ3n) is 3.65. The average Bonchev–Trinajstić information content (AvgIpc) is 3.22. The summed E-state index contributed by atoms with van der Waals surface area (Å²) in [5.41, 5.74) is 0.672. The van der Waals surface area contributed by atoms with Crippen molar-refractivity contribution in [2.24, 2.45) is 5.92 Å². The first-order valence-corrected chi connectivity index (χ1v) is 6.67. The maximum Gasteiger partial charge on any atom is 0.240 e. The molecule has 1 fully saturated rings. The molecule has 1 atom stereocenters. The second kappa shape index (κ2) is 5.49. The average molecular weight is 275 g/mol. The van der Waals surface area contributed by atoms with E-state index in [1.807, 2.05) is 0 Å². The molecule has 0 heterocycles. The van der Waals surface area contributed by atoms with E-state index in [4.69, 9.17) is 0 Å². The van der Waals surface area contributed by atoms with E-state index in [-0.39, 0.29) is 24.2 Å². The predicted molar refractivity (Wildman–Crippen MR) is 74.5 cm³/mol. The van der Waals surface area contributed by atoms with E-state index in [1.165, 1.54) is 12.1 Å². The Labute approximate surface area is 118 Å². The number of nitrogens with one attached hydrogen (secondary N) is 2. The lowest BCUT2D eigenvalue weighted by Crippen LogP contribution is -2.48. The molecule has 1 saturated carbocycles. The lowest BCUT2D eigenvalue weighted by molar-refractivity contribution is -0.120. The second-order valence-corrected chi connectivity index (χ2v) is 5.45. The van der Waals surface area contributed by atoms with Gasteiger partial charge in [-0.3, -0.25) is 4.79 Å². The molecular weight excluding hydrogens is 257 g/mol. The fraction of sp³-hybridized carbons (Fsp3) is 0.467. The van der Waals surface area contributed by atoms with Gasteiger partial charge >= 0.3 is 0 Å². The number of nitriles is 1. The van der Waals surface area contributed by atoms with Crippen LogP contribution < -0.4 is 10.6 Å². The van der Waals surface area contributed by atoms with E-state index in [0.29, 0.717) is 5.69 Å². The summed E-state index contributed by atoms with van der Waals surface area (Å²) >= 11 is 0. The van der Waals surface area contributed by atoms with Gasteiger partial charge in [-0.1, -0.05) is 0 Å². The van der Waals surface area contributed by atoms with Crippen molar-refractivity contribution < 1.29 is 9.18 Å². The normalized spacial score (nSPS) is 16.9. The Bertz CT molecular complexity index is 563. The highest BCUT2D eigenvalue weighted by Gasteiger charge is 2.42. The number of amides is 1. The van der Waals surface area contributed by atoms with E-state index >= 15 is 0 Å². The van der Waals surface area contributed by atoms with Crippen LogP contribution in [0.25, 0.3) is 0 Å². The van der Waals surface area contributed by atoms with Crippen LogP contribution in [-0.2, 0) is 4.79 Å². The highest BCUT2D eigenvalue weighted by Crippen LogP contribution is 2.39. The summed E-state index contributed by atoms with van der Waals surface area (Å²) in [6, 6.07) is 6.53. The van der Waals surface area contributed by atoms with Gasteiger partial charge in [0, 0.05) is 5.69 Å². The summed E-state index contributed by atoms with van der Waals surface area (Å²) in [4.78, 5) is 11.9. The van der Waals surface area contributed by atoms with Crippen molar-refractivity contribution in [1.29, 1.82) is 5.26 Å². The molecule has 0 saturated heterocycles. The summed E-state index contributed by atoms with van der Waals surface area (Å²) in [5, 5.41) is 14.9. The lowest BCUT2D eigenvalue weighted by Gasteiger charge is -2.23. The van der Waals surface area contributed by atoms with Crippen molar-refractivity contribution >= 4 is 11.6 Å². The molecule has 2 rings (SSSR count). The molecule has 2 N–H and O–H groups in total. The van der Waals surface area contributed by atoms with Gasteiger partial charge < -0.3 is 10.6 Å². The Kier molecular flexibility index (Phi) is 3.93. The maximum absolute atomic E-state index is 13.0. The molecule has 5 heteroatoms. The van der Waals surface area contributed by atoms with Crippen LogP contribution in [0.15, 0.2) is 18.2 Å². The van der Waals surface area contributed by atoms with Crippen molar-refractivity contribution in [3.05, 3.63) is 29.6 Å². The first kappa shape index (κ1) is 14.3. The van der Waals surface area contributed by atoms with Gasteiger partial charge in [0.25, 0.3) is 0 Å². The number of nitrogens with zero attached hydrogens (tertiary/aromatic N) is 1. The van der Waals surface area contributed by atoms with E-state index in [9.17, 15) is 14.4 Å². The first-order valence-electron chi connectivity index (χ1n) is 6.67. The van der Waals surface area contributed by atoms with E-state index in [1.54, 1.807) is 19.9 Å². The topological polar surface area (TPSA) is 64.9 Å². The van der Waals surface area contributed by atoms with Gasteiger partial charge in [-0.05, 0) is 56.4 Å². The summed E-state index contributed by atoms with van der Waals surface area (Å²) in [6.45, 7) is 3.59. The smallest absolute Gasteiger partial charge is 0.240 e. The van der Waals surface area contributed by atoms with Gasteiger partial charge in [0.15, 0.2) is 0 Å². The predicted octanol–water partition coefficient (Wildman–Crippen LogP) is 2.35. The number of anilines is 1. The van der Waals surface area contributed by atoms with Crippen molar-refractivity contribution in [3.63, 3.8) is 0 Å². The minimum atomic E-state index is -0.781. The monoisotopic (exact) mass is 275 g/mol. The summed E-state index contributed by atoms with van der Waals surface area (Å²) in [6.07, 6.45) is 1.96. The molecule has 20 heavy (non-hydrogen) atoms. The number of rotatable bonds is 5. The number of hydrogen-bond acceptors (Lipinski definition) is 3. The fourth-order valence-corrected chi connectivity index (χ4v) is 2.22. The fourth-order valence-electron chi connectivity index (χ4n) is 2.22. The zero-order valence-corrected chi connectivity index (χ0v) is 11.7. The van der Waals surface area contributed by atoms with E-state index in [0.717, 1.165) is 18.4 Å².